The maximum Gasteiger partial charge on any atom is 0.231 e. The number of carbonyl (C=O) groups is 2. The quantitative estimate of drug-likeness (QED) is 0.675. The highest BCUT2D eigenvalue weighted by molar-refractivity contribution is 7.15. The van der Waals surface area contributed by atoms with Crippen molar-refractivity contribution in [1.29, 1.82) is 0 Å². The van der Waals surface area contributed by atoms with Gasteiger partial charge in [-0.2, -0.15) is 0 Å². The maximum absolute atomic E-state index is 13.1. The summed E-state index contributed by atoms with van der Waals surface area (Å²) in [6, 6.07) is 15.8. The molecule has 6 nitrogen and oxygen atoms in total. The van der Waals surface area contributed by atoms with Gasteiger partial charge in [-0.1, -0.05) is 41.7 Å². The van der Waals surface area contributed by atoms with Gasteiger partial charge in [-0.25, -0.2) is 4.39 Å². The average Bonchev–Trinajstić information content (AvgIpc) is 3.34. The lowest BCUT2D eigenvalue weighted by Crippen LogP contribution is -2.28. The van der Waals surface area contributed by atoms with E-state index in [-0.39, 0.29) is 30.6 Å². The zero-order chi connectivity index (χ0) is 20.2. The Morgan fingerprint density at radius 3 is 2.62 bits per heavy atom. The first kappa shape index (κ1) is 19.2. The van der Waals surface area contributed by atoms with Gasteiger partial charge in [0, 0.05) is 25.1 Å². The molecule has 4 rings (SSSR count). The fraction of sp³-hybridized carbons (Fsp3) is 0.238. The Morgan fingerprint density at radius 2 is 1.86 bits per heavy atom. The maximum atomic E-state index is 13.1. The number of carbonyl (C=O) groups excluding carboxylic acids is 2. The van der Waals surface area contributed by atoms with Crippen LogP contribution in [0.25, 0.3) is 0 Å². The predicted octanol–water partition coefficient (Wildman–Crippen LogP) is 3.45. The van der Waals surface area contributed by atoms with Crippen molar-refractivity contribution in [2.45, 2.75) is 19.3 Å². The fourth-order valence-electron chi connectivity index (χ4n) is 3.26. The van der Waals surface area contributed by atoms with Crippen molar-refractivity contribution in [3.8, 4) is 0 Å². The second-order valence-electron chi connectivity index (χ2n) is 6.86. The first-order valence-corrected chi connectivity index (χ1v) is 10.1. The van der Waals surface area contributed by atoms with E-state index in [1.807, 2.05) is 18.2 Å². The van der Waals surface area contributed by atoms with Gasteiger partial charge in [-0.3, -0.25) is 9.59 Å². The molecule has 2 aromatic carbocycles. The molecule has 1 aliphatic rings. The summed E-state index contributed by atoms with van der Waals surface area (Å²) in [5.74, 6) is -1.26. The van der Waals surface area contributed by atoms with Crippen molar-refractivity contribution in [2.75, 3.05) is 16.8 Å². The van der Waals surface area contributed by atoms with E-state index in [1.165, 1.54) is 46.1 Å². The summed E-state index contributed by atoms with van der Waals surface area (Å²) < 4.78 is 13.1. The molecule has 29 heavy (non-hydrogen) atoms. The number of amides is 2. The molecule has 0 saturated carbocycles. The molecule has 0 spiro atoms. The monoisotopic (exact) mass is 410 g/mol. The Kier molecular flexibility index (Phi) is 5.62. The standard InChI is InChI=1S/C21H19FN4O2S/c22-16-7-9-17(10-8-16)26-13-15(12-19(26)27)20(28)23-21-25-24-18(29-21)11-6-14-4-2-1-3-5-14/h1-5,7-10,15H,6,11-13H2,(H,23,25,28)/t15-/m1/s1. The number of aryl methyl sites for hydroxylation is 2. The van der Waals surface area contributed by atoms with Crippen LogP contribution in [0.15, 0.2) is 54.6 Å². The number of benzene rings is 2. The molecule has 1 aliphatic heterocycles. The Bertz CT molecular complexity index is 1010. The lowest BCUT2D eigenvalue weighted by Gasteiger charge is -2.16. The van der Waals surface area contributed by atoms with Crippen LogP contribution in [-0.2, 0) is 22.4 Å². The second kappa shape index (κ2) is 8.48. The molecule has 0 radical (unpaired) electrons. The number of nitrogens with zero attached hydrogens (tertiary/aromatic N) is 3. The van der Waals surface area contributed by atoms with Gasteiger partial charge in [0.1, 0.15) is 10.8 Å². The smallest absolute Gasteiger partial charge is 0.231 e. The van der Waals surface area contributed by atoms with E-state index in [0.717, 1.165) is 17.8 Å². The van der Waals surface area contributed by atoms with Crippen LogP contribution in [-0.4, -0.2) is 28.6 Å². The topological polar surface area (TPSA) is 75.2 Å². The van der Waals surface area contributed by atoms with Crippen LogP contribution >= 0.6 is 11.3 Å². The lowest BCUT2D eigenvalue weighted by atomic mass is 10.1. The van der Waals surface area contributed by atoms with Crippen molar-refractivity contribution in [3.63, 3.8) is 0 Å². The summed E-state index contributed by atoms with van der Waals surface area (Å²) in [5.41, 5.74) is 1.81. The molecule has 1 fully saturated rings. The Morgan fingerprint density at radius 1 is 1.10 bits per heavy atom. The summed E-state index contributed by atoms with van der Waals surface area (Å²) in [7, 11) is 0. The zero-order valence-electron chi connectivity index (χ0n) is 15.5. The van der Waals surface area contributed by atoms with Crippen LogP contribution in [0, 0.1) is 11.7 Å². The van der Waals surface area contributed by atoms with Gasteiger partial charge in [0.25, 0.3) is 0 Å². The minimum absolute atomic E-state index is 0.114. The van der Waals surface area contributed by atoms with Gasteiger partial charge < -0.3 is 10.2 Å². The minimum atomic E-state index is -0.482. The fourth-order valence-corrected chi connectivity index (χ4v) is 4.00. The van der Waals surface area contributed by atoms with Gasteiger partial charge in [0.05, 0.1) is 5.92 Å². The van der Waals surface area contributed by atoms with E-state index in [4.69, 9.17) is 0 Å². The number of hydrogen-bond acceptors (Lipinski definition) is 5. The molecule has 148 valence electrons. The molecule has 0 aliphatic carbocycles. The Balaban J connectivity index is 1.33. The summed E-state index contributed by atoms with van der Waals surface area (Å²) in [6.45, 7) is 0.260. The molecule has 0 unspecified atom stereocenters. The number of rotatable bonds is 6. The van der Waals surface area contributed by atoms with Gasteiger partial charge >= 0.3 is 0 Å². The van der Waals surface area contributed by atoms with Gasteiger partial charge in [0.15, 0.2) is 0 Å². The molecular weight excluding hydrogens is 391 g/mol. The normalized spacial score (nSPS) is 16.2. The number of halogens is 1. The van der Waals surface area contributed by atoms with Gasteiger partial charge in [-0.05, 0) is 36.2 Å². The van der Waals surface area contributed by atoms with E-state index in [2.05, 4.69) is 27.6 Å². The highest BCUT2D eigenvalue weighted by atomic mass is 32.1. The molecule has 2 heterocycles. The Labute approximate surface area is 171 Å². The van der Waals surface area contributed by atoms with E-state index in [9.17, 15) is 14.0 Å². The van der Waals surface area contributed by atoms with Crippen molar-refractivity contribution in [2.24, 2.45) is 5.92 Å². The molecule has 1 atom stereocenters. The minimum Gasteiger partial charge on any atom is -0.312 e. The van der Waals surface area contributed by atoms with Crippen LogP contribution in [0.4, 0.5) is 15.2 Å². The molecular formula is C21H19FN4O2S. The molecule has 3 aromatic rings. The molecule has 1 N–H and O–H groups in total. The van der Waals surface area contributed by atoms with Crippen LogP contribution < -0.4 is 10.2 Å². The molecule has 1 aromatic heterocycles. The van der Waals surface area contributed by atoms with Crippen molar-refractivity contribution in [1.82, 2.24) is 10.2 Å². The van der Waals surface area contributed by atoms with E-state index in [1.54, 1.807) is 0 Å². The average molecular weight is 410 g/mol. The molecule has 8 heteroatoms. The van der Waals surface area contributed by atoms with Crippen LogP contribution in [0.1, 0.15) is 17.0 Å². The summed E-state index contributed by atoms with van der Waals surface area (Å²) in [5, 5.41) is 12.2. The summed E-state index contributed by atoms with van der Waals surface area (Å²) in [4.78, 5) is 26.4. The number of hydrogen-bond donors (Lipinski definition) is 1. The number of anilines is 2. The predicted molar refractivity (Wildman–Crippen MR) is 109 cm³/mol. The molecule has 2 amide bonds. The van der Waals surface area contributed by atoms with Crippen molar-refractivity contribution >= 4 is 34.0 Å². The zero-order valence-corrected chi connectivity index (χ0v) is 16.4. The third-order valence-electron chi connectivity index (χ3n) is 4.80. The largest absolute Gasteiger partial charge is 0.312 e. The molecule has 0 bridgehead atoms. The van der Waals surface area contributed by atoms with E-state index in [0.29, 0.717) is 10.8 Å². The lowest BCUT2D eigenvalue weighted by molar-refractivity contribution is -0.122. The number of aromatic nitrogens is 2. The van der Waals surface area contributed by atoms with E-state index < -0.39 is 5.92 Å². The van der Waals surface area contributed by atoms with Gasteiger partial charge in [0.2, 0.25) is 16.9 Å². The number of nitrogens with one attached hydrogen (secondary N) is 1. The summed E-state index contributed by atoms with van der Waals surface area (Å²) >= 11 is 1.34. The Hall–Kier alpha value is -3.13. The second-order valence-corrected chi connectivity index (χ2v) is 7.92. The first-order valence-electron chi connectivity index (χ1n) is 9.31. The highest BCUT2D eigenvalue weighted by Gasteiger charge is 2.35. The third-order valence-corrected chi connectivity index (χ3v) is 5.70. The summed E-state index contributed by atoms with van der Waals surface area (Å²) in [6.07, 6.45) is 1.72. The third kappa shape index (κ3) is 4.65. The molecule has 1 saturated heterocycles. The SMILES string of the molecule is O=C(Nc1nnc(CCc2ccccc2)s1)[C@@H]1CC(=O)N(c2ccc(F)cc2)C1. The van der Waals surface area contributed by atoms with Crippen molar-refractivity contribution < 1.29 is 14.0 Å². The highest BCUT2D eigenvalue weighted by Crippen LogP contribution is 2.27. The van der Waals surface area contributed by atoms with E-state index >= 15 is 0 Å². The van der Waals surface area contributed by atoms with Crippen LogP contribution in [0.2, 0.25) is 0 Å². The first-order chi connectivity index (χ1) is 14.1. The van der Waals surface area contributed by atoms with Crippen LogP contribution in [0.3, 0.4) is 0 Å². The van der Waals surface area contributed by atoms with Crippen molar-refractivity contribution in [3.05, 3.63) is 71.0 Å². The van der Waals surface area contributed by atoms with Gasteiger partial charge in [-0.15, -0.1) is 10.2 Å². The van der Waals surface area contributed by atoms with Crippen LogP contribution in [0.5, 0.6) is 0 Å².